The Kier molecular flexibility index (Phi) is 12.3. The maximum atomic E-state index is 14.1. The van der Waals surface area contributed by atoms with Crippen LogP contribution in [0.4, 0.5) is 26.3 Å². The minimum atomic E-state index is -4.85. The number of halogens is 6. The molecule has 12 nitrogen and oxygen atoms in total. The predicted octanol–water partition coefficient (Wildman–Crippen LogP) is 2.32. The molecule has 2 fully saturated rings. The van der Waals surface area contributed by atoms with Crippen LogP contribution in [-0.2, 0) is 20.8 Å². The first-order valence-corrected chi connectivity index (χ1v) is 17.3. The number of benzene rings is 1. The smallest absolute Gasteiger partial charge is 0.417 e. The lowest BCUT2D eigenvalue weighted by Gasteiger charge is -2.42. The molecule has 11 unspecified atom stereocenters. The number of fused-ring (bicyclic) bond motifs is 2. The third kappa shape index (κ3) is 9.19. The molecule has 0 radical (unpaired) electrons. The highest BCUT2D eigenvalue weighted by Gasteiger charge is 2.57. The third-order valence-electron chi connectivity index (χ3n) is 8.33. The van der Waals surface area contributed by atoms with Gasteiger partial charge >= 0.3 is 12.4 Å². The number of thioether (sulfide) groups is 2. The van der Waals surface area contributed by atoms with E-state index in [2.05, 4.69) is 9.98 Å². The van der Waals surface area contributed by atoms with E-state index in [0.717, 1.165) is 23.5 Å². The molecule has 0 aromatic heterocycles. The van der Waals surface area contributed by atoms with Crippen LogP contribution in [0.15, 0.2) is 46.4 Å². The highest BCUT2D eigenvalue weighted by molar-refractivity contribution is 8.14. The van der Waals surface area contributed by atoms with Crippen LogP contribution in [0.25, 0.3) is 0 Å². The van der Waals surface area contributed by atoms with E-state index >= 15 is 0 Å². The van der Waals surface area contributed by atoms with Crippen molar-refractivity contribution in [2.24, 2.45) is 15.7 Å². The number of aliphatic imine (C=N–C) groups is 2. The second kappa shape index (κ2) is 15.7. The zero-order valence-corrected chi connectivity index (χ0v) is 28.7. The van der Waals surface area contributed by atoms with E-state index in [1.165, 1.54) is 0 Å². The number of rotatable bonds is 10. The standard InChI is InChI=1S/C30H39F6N5O7S2/c1-40(2)27-38-18-17(37)21(43)23(48-25(18)49-27)24(30(34,35)36)46-13-14-6-8-15(9-7-14)45-11-5-4-10-41(3)28-39-19-22(44)20(42)16(12-29(31,32)33)47-26(19)50-28/h4-9,16-26,42-44H,10-13,37H2,1-3H3. The molecule has 11 atom stereocenters. The Hall–Kier alpha value is -2.30. The molecule has 4 heterocycles. The Balaban J connectivity index is 1.07. The van der Waals surface area contributed by atoms with E-state index in [1.807, 2.05) is 0 Å². The fourth-order valence-corrected chi connectivity index (χ4v) is 8.03. The van der Waals surface area contributed by atoms with Gasteiger partial charge in [-0.05, 0) is 23.8 Å². The molecule has 0 saturated carbocycles. The van der Waals surface area contributed by atoms with Gasteiger partial charge in [0.15, 0.2) is 16.4 Å². The lowest BCUT2D eigenvalue weighted by Crippen LogP contribution is -2.64. The molecule has 4 aliphatic heterocycles. The fraction of sp³-hybridized carbons (Fsp3) is 0.667. The SMILES string of the molecule is CN(C)C1=NC2C(OC(C(OCc3ccc(OCC=CCN(C)C4=NC5C(OC(CC(F)(F)F)C(O)C5O)S4)cc3)C(F)(F)F)C(O)C2N)S1. The number of hydrogen-bond acceptors (Lipinski definition) is 14. The zero-order valence-electron chi connectivity index (χ0n) is 27.1. The summed E-state index contributed by atoms with van der Waals surface area (Å²) in [6.45, 7) is 0.0609. The monoisotopic (exact) mass is 759 g/mol. The van der Waals surface area contributed by atoms with Gasteiger partial charge in [-0.15, -0.1) is 0 Å². The van der Waals surface area contributed by atoms with E-state index in [9.17, 15) is 41.7 Å². The normalized spacial score (nSPS) is 33.5. The Bertz CT molecular complexity index is 1410. The Morgan fingerprint density at radius 3 is 2.18 bits per heavy atom. The summed E-state index contributed by atoms with van der Waals surface area (Å²) in [5.74, 6) is 0.440. The molecule has 0 bridgehead atoms. The molecule has 280 valence electrons. The average Bonchev–Trinajstić information content (AvgIpc) is 3.67. The fourth-order valence-electron chi connectivity index (χ4n) is 5.66. The van der Waals surface area contributed by atoms with Crippen molar-refractivity contribution in [3.63, 3.8) is 0 Å². The van der Waals surface area contributed by atoms with Gasteiger partial charge in [-0.3, -0.25) is 9.98 Å². The Morgan fingerprint density at radius 2 is 1.54 bits per heavy atom. The largest absolute Gasteiger partial charge is 0.490 e. The summed E-state index contributed by atoms with van der Waals surface area (Å²) in [7, 11) is 5.17. The van der Waals surface area contributed by atoms with Crippen molar-refractivity contribution in [1.82, 2.24) is 9.80 Å². The Labute approximate surface area is 292 Å². The van der Waals surface area contributed by atoms with Gasteiger partial charge in [-0.1, -0.05) is 41.7 Å². The number of aliphatic hydroxyl groups is 3. The van der Waals surface area contributed by atoms with Crippen molar-refractivity contribution < 1.29 is 60.6 Å². The molecular formula is C30H39F6N5O7S2. The van der Waals surface area contributed by atoms with E-state index in [-0.39, 0.29) is 6.61 Å². The molecule has 0 aliphatic carbocycles. The summed E-state index contributed by atoms with van der Waals surface area (Å²) < 4.78 is 103. The number of ether oxygens (including phenoxy) is 4. The summed E-state index contributed by atoms with van der Waals surface area (Å²) in [5, 5.41) is 32.1. The molecule has 1 aromatic carbocycles. The van der Waals surface area contributed by atoms with Gasteiger partial charge in [0.25, 0.3) is 0 Å². The second-order valence-corrected chi connectivity index (χ2v) is 14.5. The first kappa shape index (κ1) is 38.9. The molecule has 1 aromatic rings. The van der Waals surface area contributed by atoms with Crippen molar-refractivity contribution in [3.05, 3.63) is 42.0 Å². The second-order valence-electron chi connectivity index (χ2n) is 12.4. The van der Waals surface area contributed by atoms with Gasteiger partial charge in [-0.2, -0.15) is 26.3 Å². The highest BCUT2D eigenvalue weighted by Crippen LogP contribution is 2.41. The van der Waals surface area contributed by atoms with Gasteiger partial charge in [0.1, 0.15) is 59.7 Å². The van der Waals surface area contributed by atoms with E-state index in [4.69, 9.17) is 24.7 Å². The molecular weight excluding hydrogens is 720 g/mol. The number of nitrogens with zero attached hydrogens (tertiary/aromatic N) is 4. The zero-order chi connectivity index (χ0) is 36.5. The van der Waals surface area contributed by atoms with Crippen molar-refractivity contribution in [1.29, 1.82) is 0 Å². The van der Waals surface area contributed by atoms with Crippen LogP contribution in [0.5, 0.6) is 5.75 Å². The summed E-state index contributed by atoms with van der Waals surface area (Å²) in [6.07, 6.45) is -18.0. The molecule has 4 aliphatic rings. The third-order valence-corrected chi connectivity index (χ3v) is 10.9. The topological polar surface area (TPSA) is 155 Å². The van der Waals surface area contributed by atoms with Crippen LogP contribution in [0.1, 0.15) is 12.0 Å². The number of aliphatic hydroxyl groups excluding tert-OH is 3. The highest BCUT2D eigenvalue weighted by atomic mass is 32.2. The molecule has 5 N–H and O–H groups in total. The first-order valence-electron chi connectivity index (χ1n) is 15.5. The van der Waals surface area contributed by atoms with E-state index in [0.29, 0.717) is 28.2 Å². The quantitative estimate of drug-likeness (QED) is 0.205. The van der Waals surface area contributed by atoms with Gasteiger partial charge in [0.2, 0.25) is 0 Å². The van der Waals surface area contributed by atoms with Gasteiger partial charge in [0.05, 0.1) is 25.2 Å². The summed E-state index contributed by atoms with van der Waals surface area (Å²) in [5.41, 5.74) is 4.87. The van der Waals surface area contributed by atoms with Crippen LogP contribution < -0.4 is 10.5 Å². The number of amidine groups is 2. The maximum Gasteiger partial charge on any atom is 0.417 e. The van der Waals surface area contributed by atoms with Crippen LogP contribution in [0, 0.1) is 0 Å². The molecule has 50 heavy (non-hydrogen) atoms. The van der Waals surface area contributed by atoms with Crippen LogP contribution >= 0.6 is 23.5 Å². The number of alkyl halides is 6. The maximum absolute atomic E-state index is 14.1. The number of nitrogens with two attached hydrogens (primary N) is 1. The van der Waals surface area contributed by atoms with E-state index < -0.39 is 91.0 Å². The summed E-state index contributed by atoms with van der Waals surface area (Å²) in [4.78, 5) is 12.1. The van der Waals surface area contributed by atoms with Crippen molar-refractivity contribution in [2.45, 2.75) is 91.0 Å². The lowest BCUT2D eigenvalue weighted by atomic mass is 9.93. The minimum absolute atomic E-state index is 0.147. The van der Waals surface area contributed by atoms with Crippen LogP contribution in [-0.4, -0.2) is 148 Å². The lowest BCUT2D eigenvalue weighted by molar-refractivity contribution is -0.278. The first-order chi connectivity index (χ1) is 23.4. The van der Waals surface area contributed by atoms with Gasteiger partial charge in [-0.25, -0.2) is 0 Å². The number of likely N-dealkylation sites (N-methyl/N-ethyl adjacent to an activating group) is 1. The molecule has 0 amide bonds. The molecule has 0 spiro atoms. The molecule has 5 rings (SSSR count). The minimum Gasteiger partial charge on any atom is -0.490 e. The number of hydrogen-bond donors (Lipinski definition) is 4. The molecule has 2 saturated heterocycles. The van der Waals surface area contributed by atoms with Crippen molar-refractivity contribution in [3.8, 4) is 5.75 Å². The molecule has 20 heteroatoms. The summed E-state index contributed by atoms with van der Waals surface area (Å²) >= 11 is 2.21. The van der Waals surface area contributed by atoms with Crippen molar-refractivity contribution in [2.75, 3.05) is 34.3 Å². The van der Waals surface area contributed by atoms with Gasteiger partial charge in [0, 0.05) is 27.7 Å². The predicted molar refractivity (Wildman–Crippen MR) is 174 cm³/mol. The van der Waals surface area contributed by atoms with E-state index in [1.54, 1.807) is 67.4 Å². The summed E-state index contributed by atoms with van der Waals surface area (Å²) in [6, 6.07) is 3.55. The van der Waals surface area contributed by atoms with Gasteiger partial charge < -0.3 is 49.8 Å². The average molecular weight is 760 g/mol. The van der Waals surface area contributed by atoms with Crippen LogP contribution in [0.2, 0.25) is 0 Å². The van der Waals surface area contributed by atoms with Crippen molar-refractivity contribution >= 4 is 33.9 Å². The van der Waals surface area contributed by atoms with Crippen LogP contribution in [0.3, 0.4) is 0 Å². The Morgan fingerprint density at radius 1 is 0.900 bits per heavy atom.